The fourth-order valence-corrected chi connectivity index (χ4v) is 1.11. The van der Waals surface area contributed by atoms with Gasteiger partial charge in [0.15, 0.2) is 0 Å². The molecule has 0 amide bonds. The van der Waals surface area contributed by atoms with Gasteiger partial charge in [0.25, 0.3) is 5.97 Å². The molecule has 0 radical (unpaired) electrons. The number of hydrogen-bond donors (Lipinski definition) is 4. The van der Waals surface area contributed by atoms with Gasteiger partial charge in [-0.1, -0.05) is 17.7 Å². The van der Waals surface area contributed by atoms with Crippen LogP contribution in [0, 0.1) is 5.41 Å². The number of aliphatic imine (C=N–C) groups is 1. The van der Waals surface area contributed by atoms with Crippen LogP contribution < -0.4 is 5.73 Å². The van der Waals surface area contributed by atoms with E-state index in [1.807, 2.05) is 0 Å². The molecule has 0 aliphatic heterocycles. The number of aliphatic carboxylic acids is 1. The number of nitrogens with zero attached hydrogens (tertiary/aromatic N) is 1. The van der Waals surface area contributed by atoms with Crippen molar-refractivity contribution in [2.24, 2.45) is 10.7 Å². The van der Waals surface area contributed by atoms with Crippen LogP contribution in [-0.4, -0.2) is 34.8 Å². The highest BCUT2D eigenvalue weighted by molar-refractivity contribution is 6.33. The lowest BCUT2D eigenvalue weighted by Gasteiger charge is -2.00. The Balaban J connectivity index is 0.000000631. The minimum absolute atomic E-state index is 0.0345. The van der Waals surface area contributed by atoms with E-state index < -0.39 is 5.97 Å². The molecule has 6 nitrogen and oxygen atoms in total. The molecule has 0 saturated heterocycles. The molecular weight excluding hydrogens is 258 g/mol. The zero-order valence-corrected chi connectivity index (χ0v) is 10.5. The van der Waals surface area contributed by atoms with Crippen molar-refractivity contribution < 1.29 is 15.0 Å². The molecule has 18 heavy (non-hydrogen) atoms. The van der Waals surface area contributed by atoms with Gasteiger partial charge in [-0.3, -0.25) is 15.2 Å². The molecule has 0 heterocycles. The van der Waals surface area contributed by atoms with Crippen LogP contribution in [0.5, 0.6) is 5.75 Å². The summed E-state index contributed by atoms with van der Waals surface area (Å²) in [6.45, 7) is 1.19. The second kappa shape index (κ2) is 8.08. The van der Waals surface area contributed by atoms with E-state index in [4.69, 9.17) is 32.6 Å². The Labute approximate surface area is 109 Å². The van der Waals surface area contributed by atoms with E-state index in [1.165, 1.54) is 12.3 Å². The van der Waals surface area contributed by atoms with Crippen LogP contribution in [0.25, 0.3) is 0 Å². The number of amidine groups is 1. The van der Waals surface area contributed by atoms with Crippen LogP contribution in [0.1, 0.15) is 12.5 Å². The van der Waals surface area contributed by atoms with Gasteiger partial charge in [0.1, 0.15) is 11.6 Å². The monoisotopic (exact) mass is 271 g/mol. The summed E-state index contributed by atoms with van der Waals surface area (Å²) in [5.41, 5.74) is 5.55. The molecule has 1 rings (SSSR count). The molecule has 1 aromatic rings. The van der Waals surface area contributed by atoms with Crippen molar-refractivity contribution in [2.45, 2.75) is 6.92 Å². The van der Waals surface area contributed by atoms with Gasteiger partial charge in [-0.2, -0.15) is 0 Å². The summed E-state index contributed by atoms with van der Waals surface area (Å²) in [6, 6.07) is 4.80. The minimum Gasteiger partial charge on any atom is -0.507 e. The third-order valence-electron chi connectivity index (χ3n) is 1.51. The lowest BCUT2D eigenvalue weighted by molar-refractivity contribution is -0.134. The van der Waals surface area contributed by atoms with Crippen LogP contribution in [0.2, 0.25) is 5.02 Å². The molecule has 0 fully saturated rings. The number of carboxylic acids is 1. The zero-order valence-electron chi connectivity index (χ0n) is 9.72. The van der Waals surface area contributed by atoms with Gasteiger partial charge in [0.05, 0.1) is 17.1 Å². The Morgan fingerprint density at radius 3 is 2.61 bits per heavy atom. The maximum atomic E-state index is 9.40. The summed E-state index contributed by atoms with van der Waals surface area (Å²) in [5.74, 6) is -0.808. The van der Waals surface area contributed by atoms with E-state index >= 15 is 0 Å². The maximum Gasteiger partial charge on any atom is 0.300 e. The number of hydrogen-bond acceptors (Lipinski definition) is 4. The van der Waals surface area contributed by atoms with E-state index in [0.29, 0.717) is 10.6 Å². The number of carboxylic acid groups (broad SMARTS) is 1. The Bertz CT molecular complexity index is 437. The van der Waals surface area contributed by atoms with Crippen LogP contribution in [-0.2, 0) is 4.79 Å². The smallest absolute Gasteiger partial charge is 0.300 e. The van der Waals surface area contributed by atoms with Gasteiger partial charge in [-0.05, 0) is 12.1 Å². The average molecular weight is 272 g/mol. The van der Waals surface area contributed by atoms with Crippen molar-refractivity contribution >= 4 is 29.6 Å². The zero-order chi connectivity index (χ0) is 14.1. The van der Waals surface area contributed by atoms with Gasteiger partial charge >= 0.3 is 0 Å². The largest absolute Gasteiger partial charge is 0.507 e. The summed E-state index contributed by atoms with van der Waals surface area (Å²) >= 11 is 5.81. The van der Waals surface area contributed by atoms with Gasteiger partial charge in [0, 0.05) is 13.1 Å². The molecule has 0 saturated carbocycles. The highest BCUT2D eigenvalue weighted by Crippen LogP contribution is 2.22. The highest BCUT2D eigenvalue weighted by Gasteiger charge is 2.01. The average Bonchev–Trinajstić information content (AvgIpc) is 2.21. The van der Waals surface area contributed by atoms with Crippen molar-refractivity contribution in [2.75, 3.05) is 6.54 Å². The lowest BCUT2D eigenvalue weighted by atomic mass is 10.2. The Morgan fingerprint density at radius 2 is 2.17 bits per heavy atom. The first-order valence-electron chi connectivity index (χ1n) is 4.84. The third kappa shape index (κ3) is 7.24. The SMILES string of the molecule is CC(=O)O.N=C(N)CN=Cc1c(O)cccc1Cl. The summed E-state index contributed by atoms with van der Waals surface area (Å²) in [6.07, 6.45) is 1.40. The summed E-state index contributed by atoms with van der Waals surface area (Å²) in [7, 11) is 0. The number of benzene rings is 1. The summed E-state index contributed by atoms with van der Waals surface area (Å²) in [5, 5.41) is 24.2. The number of nitrogens with two attached hydrogens (primary N) is 1. The van der Waals surface area contributed by atoms with E-state index in [0.717, 1.165) is 6.92 Å². The number of rotatable bonds is 3. The quantitative estimate of drug-likeness (QED) is 0.492. The fraction of sp³-hybridized carbons (Fsp3) is 0.182. The molecular formula is C11H14ClN3O3. The van der Waals surface area contributed by atoms with Crippen LogP contribution in [0.4, 0.5) is 0 Å². The topological polar surface area (TPSA) is 120 Å². The first kappa shape index (κ1) is 15.9. The van der Waals surface area contributed by atoms with E-state index in [9.17, 15) is 5.11 Å². The number of aromatic hydroxyl groups is 1. The number of halogens is 1. The second-order valence-corrected chi connectivity index (χ2v) is 3.59. The molecule has 0 atom stereocenters. The molecule has 0 aliphatic carbocycles. The van der Waals surface area contributed by atoms with Crippen molar-refractivity contribution in [3.8, 4) is 5.75 Å². The predicted molar refractivity (Wildman–Crippen MR) is 70.8 cm³/mol. The molecule has 98 valence electrons. The van der Waals surface area contributed by atoms with Gasteiger partial charge < -0.3 is 15.9 Å². The third-order valence-corrected chi connectivity index (χ3v) is 1.84. The molecule has 0 aromatic heterocycles. The Kier molecular flexibility index (Phi) is 7.14. The van der Waals surface area contributed by atoms with Crippen molar-refractivity contribution in [1.29, 1.82) is 5.41 Å². The van der Waals surface area contributed by atoms with Gasteiger partial charge in [-0.25, -0.2) is 0 Å². The van der Waals surface area contributed by atoms with Gasteiger partial charge in [-0.15, -0.1) is 0 Å². The highest BCUT2D eigenvalue weighted by atomic mass is 35.5. The number of phenols is 1. The van der Waals surface area contributed by atoms with E-state index in [-0.39, 0.29) is 18.1 Å². The molecule has 0 aliphatic rings. The van der Waals surface area contributed by atoms with Crippen LogP contribution in [0.3, 0.4) is 0 Å². The molecule has 0 spiro atoms. The number of nitrogens with one attached hydrogen (secondary N) is 1. The predicted octanol–water partition coefficient (Wildman–Crippen LogP) is 1.49. The normalized spacial score (nSPS) is 9.67. The van der Waals surface area contributed by atoms with Crippen LogP contribution in [0.15, 0.2) is 23.2 Å². The van der Waals surface area contributed by atoms with Crippen molar-refractivity contribution in [1.82, 2.24) is 0 Å². The van der Waals surface area contributed by atoms with Crippen LogP contribution >= 0.6 is 11.6 Å². The molecule has 7 heteroatoms. The van der Waals surface area contributed by atoms with E-state index in [1.54, 1.807) is 12.1 Å². The number of carbonyl (C=O) groups is 1. The lowest BCUT2D eigenvalue weighted by Crippen LogP contribution is -2.13. The molecule has 0 unspecified atom stereocenters. The molecule has 5 N–H and O–H groups in total. The molecule has 1 aromatic carbocycles. The summed E-state index contributed by atoms with van der Waals surface area (Å²) < 4.78 is 0. The van der Waals surface area contributed by atoms with E-state index in [2.05, 4.69) is 4.99 Å². The fourth-order valence-electron chi connectivity index (χ4n) is 0.889. The first-order valence-corrected chi connectivity index (χ1v) is 5.22. The van der Waals surface area contributed by atoms with Crippen molar-refractivity contribution in [3.05, 3.63) is 28.8 Å². The maximum absolute atomic E-state index is 9.40. The standard InChI is InChI=1S/C9H10ClN3O.C2H4O2/c10-7-2-1-3-8(14)6(7)4-13-5-9(11)12;1-2(3)4/h1-4,14H,5H2,(H3,11,12);1H3,(H,3,4). The summed E-state index contributed by atoms with van der Waals surface area (Å²) in [4.78, 5) is 12.8. The Morgan fingerprint density at radius 1 is 1.61 bits per heavy atom. The second-order valence-electron chi connectivity index (χ2n) is 3.19. The van der Waals surface area contributed by atoms with Crippen molar-refractivity contribution in [3.63, 3.8) is 0 Å². The van der Waals surface area contributed by atoms with Gasteiger partial charge in [0.2, 0.25) is 0 Å². The Hall–Kier alpha value is -2.08. The minimum atomic E-state index is -0.833. The number of phenolic OH excluding ortho intramolecular Hbond substituents is 1. The molecule has 0 bridgehead atoms. The first-order chi connectivity index (χ1) is 8.34.